The molecular weight excluding hydrogens is 236 g/mol. The fourth-order valence-electron chi connectivity index (χ4n) is 1.35. The van der Waals surface area contributed by atoms with Crippen LogP contribution in [0.25, 0.3) is 5.65 Å². The monoisotopic (exact) mass is 244 g/mol. The number of aromatic nitrogens is 2. The predicted octanol–water partition coefficient (Wildman–Crippen LogP) is 0.403. The highest BCUT2D eigenvalue weighted by atomic mass is 32.3. The summed E-state index contributed by atoms with van der Waals surface area (Å²) in [6.45, 7) is 3.65. The molecule has 5 nitrogen and oxygen atoms in total. The maximum Gasteiger partial charge on any atom is 0.341 e. The summed E-state index contributed by atoms with van der Waals surface area (Å²) in [6, 6.07) is 3.12. The van der Waals surface area contributed by atoms with Gasteiger partial charge in [0.25, 0.3) is 0 Å². The fraction of sp³-hybridized carbons (Fsp3) is 0.250. The van der Waals surface area contributed by atoms with Crippen molar-refractivity contribution < 1.29 is 16.8 Å². The van der Waals surface area contributed by atoms with Crippen LogP contribution >= 0.6 is 11.5 Å². The van der Waals surface area contributed by atoms with Crippen molar-refractivity contribution in [3.05, 3.63) is 23.5 Å². The molecule has 0 radical (unpaired) electrons. The van der Waals surface area contributed by atoms with Gasteiger partial charge in [-0.2, -0.15) is 0 Å². The van der Waals surface area contributed by atoms with Crippen LogP contribution in [0.5, 0.6) is 0 Å². The Balaban J connectivity index is 2.82. The molecule has 0 aliphatic heterocycles. The number of nitrogens with zero attached hydrogens (tertiary/aromatic N) is 2. The van der Waals surface area contributed by atoms with E-state index < -0.39 is 10.1 Å². The summed E-state index contributed by atoms with van der Waals surface area (Å²) in [4.78, 5) is 4.14. The average molecular weight is 244 g/mol. The Kier molecular flexibility index (Phi) is 2.25. The van der Waals surface area contributed by atoms with Crippen LogP contribution in [0.3, 0.4) is 0 Å². The van der Waals surface area contributed by atoms with Crippen molar-refractivity contribution in [1.29, 1.82) is 0 Å². The first-order valence-corrected chi connectivity index (χ1v) is 6.32. The molecule has 0 aromatic carbocycles. The van der Waals surface area contributed by atoms with Crippen molar-refractivity contribution in [1.82, 2.24) is 4.98 Å². The molecule has 0 aliphatic rings. The molecule has 0 unspecified atom stereocenters. The molecule has 0 spiro atoms. The molecule has 2 rings (SSSR count). The predicted molar refractivity (Wildman–Crippen MR) is 52.7 cm³/mol. The van der Waals surface area contributed by atoms with Gasteiger partial charge in [-0.1, -0.05) is 0 Å². The fourth-order valence-corrected chi connectivity index (χ4v) is 2.91. The Labute approximate surface area is 90.9 Å². The zero-order valence-electron chi connectivity index (χ0n) is 8.09. The van der Waals surface area contributed by atoms with E-state index in [1.807, 2.05) is 19.9 Å². The number of rotatable bonds is 1. The minimum atomic E-state index is -4.39. The smallest absolute Gasteiger partial charge is 0.341 e. The number of hydrogen-bond acceptors (Lipinski definition) is 5. The minimum absolute atomic E-state index is 0.205. The lowest BCUT2D eigenvalue weighted by Crippen LogP contribution is -2.21. The van der Waals surface area contributed by atoms with Crippen molar-refractivity contribution in [2.75, 3.05) is 0 Å². The van der Waals surface area contributed by atoms with E-state index >= 15 is 0 Å². The molecule has 0 fully saturated rings. The molecule has 7 heteroatoms. The minimum Gasteiger partial charge on any atom is -0.743 e. The zero-order chi connectivity index (χ0) is 11.2. The molecule has 15 heavy (non-hydrogen) atoms. The van der Waals surface area contributed by atoms with Crippen LogP contribution in [0.2, 0.25) is 0 Å². The van der Waals surface area contributed by atoms with E-state index in [1.54, 1.807) is 3.79 Å². The average Bonchev–Trinajstić information content (AvgIpc) is 2.46. The summed E-state index contributed by atoms with van der Waals surface area (Å²) < 4.78 is 33.9. The maximum atomic E-state index is 10.8. The van der Waals surface area contributed by atoms with E-state index in [1.165, 1.54) is 6.07 Å². The Morgan fingerprint density at radius 3 is 2.67 bits per heavy atom. The van der Waals surface area contributed by atoms with Crippen LogP contribution < -0.4 is 3.79 Å². The van der Waals surface area contributed by atoms with Crippen LogP contribution in [0.15, 0.2) is 16.3 Å². The summed E-state index contributed by atoms with van der Waals surface area (Å²) >= 11 is 0.893. The topological polar surface area (TPSA) is 74.2 Å². The zero-order valence-corrected chi connectivity index (χ0v) is 9.72. The molecule has 0 aliphatic carbocycles. The highest BCUT2D eigenvalue weighted by Crippen LogP contribution is 2.15. The van der Waals surface area contributed by atoms with Gasteiger partial charge in [-0.3, -0.25) is 0 Å². The first-order valence-electron chi connectivity index (χ1n) is 4.14. The third-order valence-electron chi connectivity index (χ3n) is 1.91. The van der Waals surface area contributed by atoms with E-state index in [4.69, 9.17) is 0 Å². The van der Waals surface area contributed by atoms with Crippen LogP contribution in [0.1, 0.15) is 11.4 Å². The molecule has 80 valence electrons. The molecule has 0 saturated heterocycles. The van der Waals surface area contributed by atoms with Crippen LogP contribution in [0.4, 0.5) is 0 Å². The molecule has 0 bridgehead atoms. The first-order chi connectivity index (χ1) is 6.88. The van der Waals surface area contributed by atoms with Gasteiger partial charge in [-0.05, 0) is 11.9 Å². The summed E-state index contributed by atoms with van der Waals surface area (Å²) in [5.74, 6) is 0. The Morgan fingerprint density at radius 2 is 2.07 bits per heavy atom. The quantitative estimate of drug-likeness (QED) is 0.537. The van der Waals surface area contributed by atoms with Gasteiger partial charge < -0.3 is 4.55 Å². The molecule has 2 aromatic heterocycles. The second-order valence-corrected chi connectivity index (χ2v) is 5.79. The number of hydrogen-bond donors (Lipinski definition) is 0. The largest absolute Gasteiger partial charge is 0.743 e. The summed E-state index contributed by atoms with van der Waals surface area (Å²) in [5.41, 5.74) is 2.14. The van der Waals surface area contributed by atoms with Crippen molar-refractivity contribution >= 4 is 27.3 Å². The van der Waals surface area contributed by atoms with Crippen LogP contribution in [-0.2, 0) is 10.1 Å². The molecule has 0 N–H and O–H groups in total. The SMILES string of the molecule is Cc1cc(C)[n+]2sc(S(=O)(=O)[O-])cc2n1. The van der Waals surface area contributed by atoms with E-state index in [9.17, 15) is 13.0 Å². The van der Waals surface area contributed by atoms with Crippen molar-refractivity contribution in [2.24, 2.45) is 0 Å². The highest BCUT2D eigenvalue weighted by Gasteiger charge is 2.17. The van der Waals surface area contributed by atoms with Gasteiger partial charge in [0.15, 0.2) is 9.90 Å². The van der Waals surface area contributed by atoms with Crippen LogP contribution in [0, 0.1) is 13.8 Å². The number of aryl methyl sites for hydroxylation is 2. The van der Waals surface area contributed by atoms with Gasteiger partial charge in [0.1, 0.15) is 15.8 Å². The van der Waals surface area contributed by atoms with Gasteiger partial charge in [0.05, 0.1) is 17.6 Å². The van der Waals surface area contributed by atoms with Crippen molar-refractivity contribution in [3.63, 3.8) is 0 Å². The molecule has 0 atom stereocenters. The Hall–Kier alpha value is -1.05. The van der Waals surface area contributed by atoms with E-state index in [2.05, 4.69) is 4.98 Å². The van der Waals surface area contributed by atoms with E-state index in [0.29, 0.717) is 5.65 Å². The molecular formula is C8H8N2O3S2. The maximum absolute atomic E-state index is 10.8. The lowest BCUT2D eigenvalue weighted by molar-refractivity contribution is -0.444. The third kappa shape index (κ3) is 1.85. The summed E-state index contributed by atoms with van der Waals surface area (Å²) in [7, 11) is -4.39. The normalized spacial score (nSPS) is 12.2. The lowest BCUT2D eigenvalue weighted by Gasteiger charge is -1.98. The van der Waals surface area contributed by atoms with E-state index in [0.717, 1.165) is 22.9 Å². The van der Waals surface area contributed by atoms with Gasteiger partial charge in [-0.15, -0.1) is 3.79 Å². The molecule has 0 saturated carbocycles. The Morgan fingerprint density at radius 1 is 1.40 bits per heavy atom. The van der Waals surface area contributed by atoms with Gasteiger partial charge in [0.2, 0.25) is 0 Å². The highest BCUT2D eigenvalue weighted by molar-refractivity contribution is 7.87. The first kappa shape index (κ1) is 10.5. The molecule has 0 amide bonds. The lowest BCUT2D eigenvalue weighted by atomic mass is 10.3. The van der Waals surface area contributed by atoms with Gasteiger partial charge in [-0.25, -0.2) is 8.42 Å². The standard InChI is InChI=1S/C8H8N2O3S2/c1-5-3-6(2)10-7(9-5)4-8(14-10)15(11,12)13/h3-4H,1-2H3. The van der Waals surface area contributed by atoms with Gasteiger partial charge >= 0.3 is 5.65 Å². The molecule has 2 aromatic rings. The summed E-state index contributed by atoms with van der Waals surface area (Å²) in [5, 5.41) is 0. The molecule has 2 heterocycles. The van der Waals surface area contributed by atoms with Crippen LogP contribution in [-0.4, -0.2) is 18.0 Å². The second-order valence-electron chi connectivity index (χ2n) is 3.20. The number of fused-ring (bicyclic) bond motifs is 1. The van der Waals surface area contributed by atoms with Crippen molar-refractivity contribution in [2.45, 2.75) is 18.1 Å². The Bertz CT molecular complexity index is 631. The van der Waals surface area contributed by atoms with Gasteiger partial charge in [0, 0.05) is 13.0 Å². The second kappa shape index (κ2) is 3.22. The van der Waals surface area contributed by atoms with Crippen molar-refractivity contribution in [3.8, 4) is 0 Å². The summed E-state index contributed by atoms with van der Waals surface area (Å²) in [6.07, 6.45) is 0. The third-order valence-corrected chi connectivity index (χ3v) is 4.31. The van der Waals surface area contributed by atoms with E-state index in [-0.39, 0.29) is 4.21 Å².